The normalized spacial score (nSPS) is 13.1. The molecule has 1 N–H and O–H groups in total. The summed E-state index contributed by atoms with van der Waals surface area (Å²) in [4.78, 5) is 11.9. The Kier molecular flexibility index (Phi) is 5.28. The number of amides is 1. The van der Waals surface area contributed by atoms with Crippen LogP contribution in [0, 0.1) is 0 Å². The van der Waals surface area contributed by atoms with Gasteiger partial charge in [-0.25, -0.2) is 0 Å². The fourth-order valence-electron chi connectivity index (χ4n) is 2.23. The van der Waals surface area contributed by atoms with E-state index in [9.17, 15) is 4.79 Å². The van der Waals surface area contributed by atoms with Gasteiger partial charge in [-0.3, -0.25) is 4.79 Å². The van der Waals surface area contributed by atoms with Crippen LogP contribution in [0.2, 0.25) is 10.0 Å². The minimum Gasteiger partial charge on any atom is -0.486 e. The summed E-state index contributed by atoms with van der Waals surface area (Å²) in [5.41, 5.74) is 1.74. The first-order valence-corrected chi connectivity index (χ1v) is 8.17. The first-order valence-electron chi connectivity index (χ1n) is 7.41. The molecule has 24 heavy (non-hydrogen) atoms. The molecule has 6 heteroatoms. The second kappa shape index (κ2) is 7.60. The van der Waals surface area contributed by atoms with Crippen LogP contribution in [0.5, 0.6) is 11.5 Å². The van der Waals surface area contributed by atoms with Crippen LogP contribution in [0.15, 0.2) is 42.5 Å². The maximum Gasteiger partial charge on any atom is 0.244 e. The van der Waals surface area contributed by atoms with E-state index in [-0.39, 0.29) is 5.91 Å². The van der Waals surface area contributed by atoms with Crippen molar-refractivity contribution in [3.8, 4) is 11.5 Å². The highest BCUT2D eigenvalue weighted by Crippen LogP contribution is 2.30. The Morgan fingerprint density at radius 2 is 1.83 bits per heavy atom. The van der Waals surface area contributed by atoms with E-state index >= 15 is 0 Å². The van der Waals surface area contributed by atoms with Crippen LogP contribution in [-0.4, -0.2) is 19.1 Å². The summed E-state index contributed by atoms with van der Waals surface area (Å²) in [6.07, 6.45) is 3.14. The summed E-state index contributed by atoms with van der Waals surface area (Å²) < 4.78 is 11.0. The second-order valence-electron chi connectivity index (χ2n) is 5.20. The van der Waals surface area contributed by atoms with Gasteiger partial charge in [-0.1, -0.05) is 35.3 Å². The first-order chi connectivity index (χ1) is 11.6. The number of carbonyl (C=O) groups is 1. The molecule has 1 aliphatic rings. The van der Waals surface area contributed by atoms with Crippen LogP contribution >= 0.6 is 23.2 Å². The number of hydrogen-bond acceptors (Lipinski definition) is 3. The topological polar surface area (TPSA) is 47.6 Å². The lowest BCUT2D eigenvalue weighted by molar-refractivity contribution is -0.116. The van der Waals surface area contributed by atoms with Crippen LogP contribution in [0.25, 0.3) is 6.08 Å². The Hall–Kier alpha value is -2.17. The molecule has 0 aromatic heterocycles. The average molecular weight is 364 g/mol. The van der Waals surface area contributed by atoms with E-state index in [1.807, 2.05) is 18.2 Å². The lowest BCUT2D eigenvalue weighted by atomic mass is 10.2. The molecule has 0 spiro atoms. The van der Waals surface area contributed by atoms with Gasteiger partial charge in [0.1, 0.15) is 13.2 Å². The number of benzene rings is 2. The molecule has 4 nitrogen and oxygen atoms in total. The number of nitrogens with one attached hydrogen (secondary N) is 1. The molecule has 124 valence electrons. The third-order valence-electron chi connectivity index (χ3n) is 3.44. The zero-order valence-electron chi connectivity index (χ0n) is 12.7. The van der Waals surface area contributed by atoms with E-state index in [0.717, 1.165) is 16.9 Å². The maximum atomic E-state index is 11.9. The monoisotopic (exact) mass is 363 g/mol. The summed E-state index contributed by atoms with van der Waals surface area (Å²) in [5, 5.41) is 3.76. The van der Waals surface area contributed by atoms with Gasteiger partial charge in [0.2, 0.25) is 5.91 Å². The number of fused-ring (bicyclic) bond motifs is 1. The maximum absolute atomic E-state index is 11.9. The molecule has 2 aromatic carbocycles. The van der Waals surface area contributed by atoms with E-state index in [0.29, 0.717) is 35.6 Å². The van der Waals surface area contributed by atoms with E-state index in [2.05, 4.69) is 5.32 Å². The summed E-state index contributed by atoms with van der Waals surface area (Å²) in [7, 11) is 0. The van der Waals surface area contributed by atoms with Crippen LogP contribution in [0.1, 0.15) is 11.1 Å². The Bertz CT molecular complexity index is 790. The minimum atomic E-state index is -0.198. The number of halogens is 2. The van der Waals surface area contributed by atoms with Gasteiger partial charge >= 0.3 is 0 Å². The standard InChI is InChI=1S/C18H15Cl2NO3/c19-14-4-1-12(9-15(14)20)3-6-18(22)21-11-13-2-5-16-17(10-13)24-8-7-23-16/h1-6,9-10H,7-8,11H2,(H,21,22). The smallest absolute Gasteiger partial charge is 0.244 e. The third kappa shape index (κ3) is 4.22. The molecule has 0 aliphatic carbocycles. The van der Waals surface area contributed by atoms with Crippen molar-refractivity contribution in [2.75, 3.05) is 13.2 Å². The Morgan fingerprint density at radius 3 is 2.62 bits per heavy atom. The van der Waals surface area contributed by atoms with Crippen LogP contribution < -0.4 is 14.8 Å². The molecule has 3 rings (SSSR count). The predicted molar refractivity (Wildman–Crippen MR) is 94.8 cm³/mol. The highest BCUT2D eigenvalue weighted by Gasteiger charge is 2.11. The molecule has 1 heterocycles. The summed E-state index contributed by atoms with van der Waals surface area (Å²) in [6.45, 7) is 1.50. The average Bonchev–Trinajstić information content (AvgIpc) is 2.60. The summed E-state index contributed by atoms with van der Waals surface area (Å²) in [5.74, 6) is 1.24. The second-order valence-corrected chi connectivity index (χ2v) is 6.02. The lowest BCUT2D eigenvalue weighted by Gasteiger charge is -2.18. The number of rotatable bonds is 4. The highest BCUT2D eigenvalue weighted by molar-refractivity contribution is 6.42. The zero-order valence-corrected chi connectivity index (χ0v) is 14.2. The van der Waals surface area contributed by atoms with Crippen molar-refractivity contribution in [1.82, 2.24) is 5.32 Å². The van der Waals surface area contributed by atoms with Crippen molar-refractivity contribution in [1.29, 1.82) is 0 Å². The van der Waals surface area contributed by atoms with E-state index in [4.69, 9.17) is 32.7 Å². The van der Waals surface area contributed by atoms with Crippen molar-refractivity contribution < 1.29 is 14.3 Å². The predicted octanol–water partition coefficient (Wildman–Crippen LogP) is 4.09. The summed E-state index contributed by atoms with van der Waals surface area (Å²) in [6, 6.07) is 10.8. The quantitative estimate of drug-likeness (QED) is 0.832. The first kappa shape index (κ1) is 16.7. The molecule has 0 fully saturated rings. The SMILES string of the molecule is O=C(C=Cc1ccc(Cl)c(Cl)c1)NCc1ccc2c(c1)OCCO2. The van der Waals surface area contributed by atoms with Gasteiger partial charge in [0.05, 0.1) is 10.0 Å². The Labute approximate surface area is 150 Å². The molecular weight excluding hydrogens is 349 g/mol. The summed E-state index contributed by atoms with van der Waals surface area (Å²) >= 11 is 11.8. The molecule has 0 saturated carbocycles. The number of ether oxygens (including phenoxy) is 2. The van der Waals surface area contributed by atoms with Crippen molar-refractivity contribution >= 4 is 35.2 Å². The highest BCUT2D eigenvalue weighted by atomic mass is 35.5. The molecule has 0 radical (unpaired) electrons. The van der Waals surface area contributed by atoms with Gasteiger partial charge in [-0.15, -0.1) is 0 Å². The molecule has 2 aromatic rings. The molecule has 1 aliphatic heterocycles. The zero-order chi connectivity index (χ0) is 16.9. The van der Waals surface area contributed by atoms with Gasteiger partial charge in [-0.05, 0) is 41.5 Å². The molecule has 0 unspecified atom stereocenters. The van der Waals surface area contributed by atoms with Gasteiger partial charge < -0.3 is 14.8 Å². The lowest BCUT2D eigenvalue weighted by Crippen LogP contribution is -2.20. The largest absolute Gasteiger partial charge is 0.486 e. The molecular formula is C18H15Cl2NO3. The fraction of sp³-hybridized carbons (Fsp3) is 0.167. The van der Waals surface area contributed by atoms with Crippen molar-refractivity contribution in [2.24, 2.45) is 0 Å². The van der Waals surface area contributed by atoms with Gasteiger partial charge in [-0.2, -0.15) is 0 Å². The Balaban J connectivity index is 1.57. The van der Waals surface area contributed by atoms with Crippen LogP contribution in [0.4, 0.5) is 0 Å². The minimum absolute atomic E-state index is 0.198. The van der Waals surface area contributed by atoms with Crippen molar-refractivity contribution in [2.45, 2.75) is 6.54 Å². The molecule has 0 saturated heterocycles. The molecule has 0 atom stereocenters. The van der Waals surface area contributed by atoms with Crippen molar-refractivity contribution in [3.63, 3.8) is 0 Å². The Morgan fingerprint density at radius 1 is 1.04 bits per heavy atom. The fourth-order valence-corrected chi connectivity index (χ4v) is 2.54. The van der Waals surface area contributed by atoms with Gasteiger partial charge in [0.25, 0.3) is 0 Å². The van der Waals surface area contributed by atoms with Crippen molar-refractivity contribution in [3.05, 3.63) is 63.6 Å². The number of hydrogen-bond donors (Lipinski definition) is 1. The molecule has 1 amide bonds. The van der Waals surface area contributed by atoms with Crippen LogP contribution in [0.3, 0.4) is 0 Å². The third-order valence-corrected chi connectivity index (χ3v) is 4.18. The van der Waals surface area contributed by atoms with Crippen LogP contribution in [-0.2, 0) is 11.3 Å². The van der Waals surface area contributed by atoms with Gasteiger partial charge in [0, 0.05) is 12.6 Å². The van der Waals surface area contributed by atoms with Gasteiger partial charge in [0.15, 0.2) is 11.5 Å². The van der Waals surface area contributed by atoms with E-state index < -0.39 is 0 Å². The number of carbonyl (C=O) groups excluding carboxylic acids is 1. The molecule has 0 bridgehead atoms. The van der Waals surface area contributed by atoms with E-state index in [1.54, 1.807) is 24.3 Å². The van der Waals surface area contributed by atoms with E-state index in [1.165, 1.54) is 6.08 Å².